The Bertz CT molecular complexity index is 1320. The quantitative estimate of drug-likeness (QED) is 0.0529. The molecule has 4 unspecified atom stereocenters. The number of methoxy groups -OCH3 is 1. The Hall–Kier alpha value is -3.30. The van der Waals surface area contributed by atoms with E-state index in [1.807, 2.05) is 43.3 Å². The normalized spacial score (nSPS) is 14.7. The van der Waals surface area contributed by atoms with Gasteiger partial charge in [-0.15, -0.1) is 0 Å². The van der Waals surface area contributed by atoms with E-state index in [1.165, 1.54) is 58.5 Å². The largest absolute Gasteiger partial charge is 0.494 e. The van der Waals surface area contributed by atoms with Gasteiger partial charge in [0.1, 0.15) is 17.0 Å². The van der Waals surface area contributed by atoms with E-state index in [0.29, 0.717) is 38.7 Å². The number of aliphatic hydroxyl groups excluding tert-OH is 1. The summed E-state index contributed by atoms with van der Waals surface area (Å²) in [5, 5.41) is 14.7. The van der Waals surface area contributed by atoms with Crippen LogP contribution in [0.3, 0.4) is 0 Å². The zero-order valence-corrected chi connectivity index (χ0v) is 35.5. The molecule has 2 rings (SSSR count). The number of hydrogen-bond donors (Lipinski definition) is 3. The topological polar surface area (TPSA) is 129 Å². The van der Waals surface area contributed by atoms with Crippen LogP contribution in [0.1, 0.15) is 149 Å². The molecule has 2 aromatic carbocycles. The predicted octanol–water partition coefficient (Wildman–Crippen LogP) is 10.1. The number of aliphatic hydroxyl groups is 1. The Balaban J connectivity index is 2.13. The first-order valence-corrected chi connectivity index (χ1v) is 21.3. The monoisotopic (exact) mass is 769 g/mol. The molecule has 4 N–H and O–H groups in total. The highest BCUT2D eigenvalue weighted by Crippen LogP contribution is 2.33. The van der Waals surface area contributed by atoms with Gasteiger partial charge in [-0.2, -0.15) is 0 Å². The number of nitrogens with two attached hydrogens (primary N) is 1. The smallest absolute Gasteiger partial charge is 0.407 e. The van der Waals surface area contributed by atoms with E-state index in [4.69, 9.17) is 24.7 Å². The average Bonchev–Trinajstić information content (AvgIpc) is 3.16. The first kappa shape index (κ1) is 47.9. The number of esters is 1. The number of carbonyl (C=O) groups excluding carboxylic acids is 2. The second-order valence-electron chi connectivity index (χ2n) is 16.1. The number of rotatable bonds is 30. The summed E-state index contributed by atoms with van der Waals surface area (Å²) in [6, 6.07) is 16.1. The molecule has 4 atom stereocenters. The molecular formula is C46H76N2O7. The number of aryl methyl sites for hydroxylation is 2. The number of carbonyl (C=O) groups is 2. The molecule has 55 heavy (non-hydrogen) atoms. The summed E-state index contributed by atoms with van der Waals surface area (Å²) >= 11 is 0. The maximum Gasteiger partial charge on any atom is 0.407 e. The van der Waals surface area contributed by atoms with Gasteiger partial charge in [-0.1, -0.05) is 110 Å². The van der Waals surface area contributed by atoms with Gasteiger partial charge in [-0.05, 0) is 112 Å². The number of unbranched alkanes of at least 4 members (excludes halogenated alkanes) is 8. The third kappa shape index (κ3) is 18.5. The van der Waals surface area contributed by atoms with Crippen LogP contribution in [-0.4, -0.2) is 61.3 Å². The van der Waals surface area contributed by atoms with E-state index < -0.39 is 29.2 Å². The summed E-state index contributed by atoms with van der Waals surface area (Å²) in [5.41, 5.74) is 7.02. The van der Waals surface area contributed by atoms with E-state index >= 15 is 0 Å². The molecule has 2 aromatic rings. The minimum Gasteiger partial charge on any atom is -0.494 e. The van der Waals surface area contributed by atoms with Gasteiger partial charge in [0.2, 0.25) is 0 Å². The zero-order chi connectivity index (χ0) is 40.5. The van der Waals surface area contributed by atoms with Crippen LogP contribution in [-0.2, 0) is 27.1 Å². The Labute approximate surface area is 333 Å². The van der Waals surface area contributed by atoms with Gasteiger partial charge in [0.25, 0.3) is 0 Å². The van der Waals surface area contributed by atoms with Crippen molar-refractivity contribution >= 4 is 12.1 Å². The van der Waals surface area contributed by atoms with Gasteiger partial charge in [-0.25, -0.2) is 9.59 Å². The number of nitrogens with one attached hydrogen (secondary N) is 1. The maximum atomic E-state index is 13.8. The Morgan fingerprint density at radius 2 is 1.22 bits per heavy atom. The van der Waals surface area contributed by atoms with Gasteiger partial charge in [-0.3, -0.25) is 0 Å². The molecule has 0 aliphatic rings. The highest BCUT2D eigenvalue weighted by molar-refractivity contribution is 5.85. The minimum atomic E-state index is -1.37. The van der Waals surface area contributed by atoms with Crippen LogP contribution in [0, 0.1) is 11.8 Å². The molecule has 0 saturated heterocycles. The lowest BCUT2D eigenvalue weighted by Gasteiger charge is -2.39. The molecule has 9 heteroatoms. The van der Waals surface area contributed by atoms with E-state index in [2.05, 4.69) is 45.1 Å². The second kappa shape index (κ2) is 26.5. The van der Waals surface area contributed by atoms with Crippen molar-refractivity contribution in [3.05, 3.63) is 59.7 Å². The number of benzene rings is 2. The minimum absolute atomic E-state index is 0.164. The summed E-state index contributed by atoms with van der Waals surface area (Å²) < 4.78 is 22.5. The number of ether oxygens (including phenoxy) is 4. The fourth-order valence-electron chi connectivity index (χ4n) is 7.46. The highest BCUT2D eigenvalue weighted by atomic mass is 16.5. The molecule has 9 nitrogen and oxygen atoms in total. The number of alkyl carbamates (subject to hydrolysis) is 1. The molecule has 0 spiro atoms. The Morgan fingerprint density at radius 3 is 1.67 bits per heavy atom. The first-order valence-electron chi connectivity index (χ1n) is 21.3. The molecule has 0 bridgehead atoms. The summed E-state index contributed by atoms with van der Waals surface area (Å²) in [6.07, 6.45) is 13.7. The third-order valence-corrected chi connectivity index (χ3v) is 10.6. The van der Waals surface area contributed by atoms with Crippen molar-refractivity contribution in [1.29, 1.82) is 0 Å². The molecule has 0 radical (unpaired) electrons. The van der Waals surface area contributed by atoms with Crippen molar-refractivity contribution in [3.8, 4) is 11.5 Å². The molecule has 0 aliphatic heterocycles. The zero-order valence-electron chi connectivity index (χ0n) is 35.5. The fraction of sp³-hybridized carbons (Fsp3) is 0.696. The van der Waals surface area contributed by atoms with Crippen molar-refractivity contribution in [2.75, 3.05) is 26.9 Å². The lowest BCUT2D eigenvalue weighted by Crippen LogP contribution is -2.57. The van der Waals surface area contributed by atoms with Crippen molar-refractivity contribution in [1.82, 2.24) is 5.32 Å². The lowest BCUT2D eigenvalue weighted by atomic mass is 9.75. The van der Waals surface area contributed by atoms with Gasteiger partial charge >= 0.3 is 12.1 Å². The average molecular weight is 769 g/mol. The summed E-state index contributed by atoms with van der Waals surface area (Å²) in [4.78, 5) is 26.5. The molecule has 0 aliphatic carbocycles. The fourth-order valence-corrected chi connectivity index (χ4v) is 7.46. The van der Waals surface area contributed by atoms with Crippen molar-refractivity contribution in [2.24, 2.45) is 17.6 Å². The van der Waals surface area contributed by atoms with Crippen LogP contribution in [0.5, 0.6) is 11.5 Å². The van der Waals surface area contributed by atoms with Crippen LogP contribution in [0.15, 0.2) is 48.5 Å². The molecule has 0 fully saturated rings. The molecule has 0 heterocycles. The van der Waals surface area contributed by atoms with Gasteiger partial charge < -0.3 is 35.1 Å². The maximum absolute atomic E-state index is 13.8. The van der Waals surface area contributed by atoms with E-state index in [-0.39, 0.29) is 31.3 Å². The summed E-state index contributed by atoms with van der Waals surface area (Å²) in [7, 11) is 1.28. The van der Waals surface area contributed by atoms with Crippen molar-refractivity contribution < 1.29 is 33.6 Å². The van der Waals surface area contributed by atoms with Crippen molar-refractivity contribution in [2.45, 2.75) is 168 Å². The molecular weight excluding hydrogens is 693 g/mol. The number of amides is 1. The molecule has 0 saturated carbocycles. The standard InChI is InChI=1S/C46H76N2O7/c1-8-11-13-15-17-31-54-40-23-19-38(20-24-40)27-29-45(47,34-36(4)5)42(49)33-37(6)35-46(43(50)53-10-3,48-44(51)52-7)30-28-39-21-25-41(26-22-39)55-32-18-16-14-12-9-2/h19-26,36-37,42,49H,8-18,27-35,47H2,1-7H3,(H,48,51). The van der Waals surface area contributed by atoms with E-state index in [0.717, 1.165) is 42.1 Å². The summed E-state index contributed by atoms with van der Waals surface area (Å²) in [6.45, 7) is 14.0. The van der Waals surface area contributed by atoms with E-state index in [9.17, 15) is 14.7 Å². The number of hydrogen-bond acceptors (Lipinski definition) is 8. The molecule has 312 valence electrons. The predicted molar refractivity (Wildman–Crippen MR) is 224 cm³/mol. The molecule has 0 aromatic heterocycles. The van der Waals surface area contributed by atoms with Crippen molar-refractivity contribution in [3.63, 3.8) is 0 Å². The second-order valence-corrected chi connectivity index (χ2v) is 16.1. The SMILES string of the molecule is CCCCCCCOc1ccc(CCC(CC(C)CC(O)C(N)(CCc2ccc(OCCCCCCC)cc2)CC(C)C)(NC(=O)OC)C(=O)OCC)cc1. The van der Waals surface area contributed by atoms with Crippen LogP contribution in [0.2, 0.25) is 0 Å². The molecule has 1 amide bonds. The van der Waals surface area contributed by atoms with Gasteiger partial charge in [0.15, 0.2) is 0 Å². The highest BCUT2D eigenvalue weighted by Gasteiger charge is 2.44. The first-order chi connectivity index (χ1) is 26.4. The third-order valence-electron chi connectivity index (χ3n) is 10.6. The van der Waals surface area contributed by atoms with Crippen LogP contribution < -0.4 is 20.5 Å². The van der Waals surface area contributed by atoms with Crippen LogP contribution in [0.25, 0.3) is 0 Å². The van der Waals surface area contributed by atoms with Gasteiger partial charge in [0, 0.05) is 5.54 Å². The van der Waals surface area contributed by atoms with Crippen LogP contribution in [0.4, 0.5) is 4.79 Å². The van der Waals surface area contributed by atoms with Gasteiger partial charge in [0.05, 0.1) is 33.0 Å². The summed E-state index contributed by atoms with van der Waals surface area (Å²) in [5.74, 6) is 1.24. The Morgan fingerprint density at radius 1 is 0.727 bits per heavy atom. The van der Waals surface area contributed by atoms with Crippen LogP contribution >= 0.6 is 0 Å². The van der Waals surface area contributed by atoms with E-state index in [1.54, 1.807) is 6.92 Å². The lowest BCUT2D eigenvalue weighted by molar-refractivity contribution is -0.152. The Kier molecular flexibility index (Phi) is 23.1.